The fourth-order valence-electron chi connectivity index (χ4n) is 3.50. The molecule has 1 aliphatic rings. The highest BCUT2D eigenvalue weighted by Gasteiger charge is 2.53. The Morgan fingerprint density at radius 1 is 1.30 bits per heavy atom. The normalized spacial score (nSPS) is 24.2. The van der Waals surface area contributed by atoms with Gasteiger partial charge in [0.05, 0.1) is 0 Å². The molecule has 2 atom stereocenters. The molecule has 2 unspecified atom stereocenters. The number of halogens is 1. The second kappa shape index (κ2) is 6.13. The zero-order valence-electron chi connectivity index (χ0n) is 13.0. The third kappa shape index (κ3) is 2.56. The summed E-state index contributed by atoms with van der Waals surface area (Å²) in [6.07, 6.45) is 3.47. The van der Waals surface area contributed by atoms with Crippen molar-refractivity contribution in [1.82, 2.24) is 5.32 Å². The van der Waals surface area contributed by atoms with Gasteiger partial charge in [0, 0.05) is 17.9 Å². The first-order valence-corrected chi connectivity index (χ1v) is 7.73. The van der Waals surface area contributed by atoms with Gasteiger partial charge in [0.2, 0.25) is 0 Å². The molecule has 1 N–H and O–H groups in total. The summed E-state index contributed by atoms with van der Waals surface area (Å²) in [5.41, 5.74) is 0.849. The lowest BCUT2D eigenvalue weighted by molar-refractivity contribution is -0.0854. The largest absolute Gasteiger partial charge is 0.490 e. The molecule has 0 heterocycles. The smallest absolute Gasteiger partial charge is 0.126 e. The monoisotopic (exact) mass is 279 g/mol. The Morgan fingerprint density at radius 2 is 2.00 bits per heavy atom. The van der Waals surface area contributed by atoms with Crippen LogP contribution in [-0.4, -0.2) is 18.7 Å². The Bertz CT molecular complexity index is 456. The van der Waals surface area contributed by atoms with Crippen LogP contribution >= 0.6 is 0 Å². The van der Waals surface area contributed by atoms with Gasteiger partial charge in [-0.25, -0.2) is 4.39 Å². The molecule has 0 aliphatic heterocycles. The number of hydrogen-bond acceptors (Lipinski definition) is 2. The van der Waals surface area contributed by atoms with Gasteiger partial charge in [0.15, 0.2) is 0 Å². The molecule has 2 rings (SSSR count). The van der Waals surface area contributed by atoms with Gasteiger partial charge in [0.1, 0.15) is 17.7 Å². The Kier molecular flexibility index (Phi) is 4.69. The highest BCUT2D eigenvalue weighted by molar-refractivity contribution is 5.29. The van der Waals surface area contributed by atoms with E-state index >= 15 is 0 Å². The van der Waals surface area contributed by atoms with Crippen molar-refractivity contribution in [3.8, 4) is 5.75 Å². The quantitative estimate of drug-likeness (QED) is 0.847. The molecule has 0 saturated heterocycles. The summed E-state index contributed by atoms with van der Waals surface area (Å²) < 4.78 is 19.5. The summed E-state index contributed by atoms with van der Waals surface area (Å²) in [6, 6.07) is 5.56. The van der Waals surface area contributed by atoms with E-state index in [4.69, 9.17) is 4.74 Å². The minimum atomic E-state index is -0.172. The van der Waals surface area contributed by atoms with E-state index < -0.39 is 0 Å². The van der Waals surface area contributed by atoms with Crippen LogP contribution in [-0.2, 0) is 0 Å². The summed E-state index contributed by atoms with van der Waals surface area (Å²) >= 11 is 0. The molecule has 0 aromatic heterocycles. The zero-order chi connectivity index (χ0) is 14.8. The van der Waals surface area contributed by atoms with Gasteiger partial charge >= 0.3 is 0 Å². The van der Waals surface area contributed by atoms with Crippen molar-refractivity contribution >= 4 is 0 Å². The Morgan fingerprint density at radius 3 is 2.55 bits per heavy atom. The topological polar surface area (TPSA) is 21.3 Å². The number of benzene rings is 1. The maximum absolute atomic E-state index is 13.3. The second-order valence-corrected chi connectivity index (χ2v) is 5.80. The third-order valence-electron chi connectivity index (χ3n) is 4.96. The minimum absolute atomic E-state index is 0.172. The molecule has 0 bridgehead atoms. The molecule has 20 heavy (non-hydrogen) atoms. The number of hydrogen-bond donors (Lipinski definition) is 1. The molecule has 2 nitrogen and oxygen atoms in total. The predicted molar refractivity (Wildman–Crippen MR) is 80.6 cm³/mol. The molecule has 1 saturated carbocycles. The molecule has 3 heteroatoms. The molecule has 0 amide bonds. The fourth-order valence-corrected chi connectivity index (χ4v) is 3.50. The van der Waals surface area contributed by atoms with Crippen LogP contribution in [0.4, 0.5) is 4.39 Å². The lowest BCUT2D eigenvalue weighted by Crippen LogP contribution is -2.64. The average molecular weight is 279 g/mol. The number of ether oxygens (including phenoxy) is 1. The van der Waals surface area contributed by atoms with E-state index in [1.807, 2.05) is 0 Å². The van der Waals surface area contributed by atoms with Crippen LogP contribution in [0.15, 0.2) is 18.2 Å². The predicted octanol–water partition coefficient (Wildman–Crippen LogP) is 4.07. The molecule has 1 aromatic carbocycles. The van der Waals surface area contributed by atoms with Gasteiger partial charge in [-0.05, 0) is 50.1 Å². The molecule has 0 spiro atoms. The fraction of sp³-hybridized carbons (Fsp3) is 0.647. The molecule has 112 valence electrons. The average Bonchev–Trinajstić information content (AvgIpc) is 2.43. The van der Waals surface area contributed by atoms with E-state index in [0.29, 0.717) is 11.6 Å². The van der Waals surface area contributed by atoms with Crippen molar-refractivity contribution in [3.63, 3.8) is 0 Å². The summed E-state index contributed by atoms with van der Waals surface area (Å²) in [5.74, 6) is 0.615. The van der Waals surface area contributed by atoms with Gasteiger partial charge < -0.3 is 10.1 Å². The molecular formula is C17H26FNO. The van der Waals surface area contributed by atoms with E-state index in [1.165, 1.54) is 6.07 Å². The SMILES string of the molecule is CCNC1CC(Oc2ccc(F)c(C)c2)C1(CC)CC. The van der Waals surface area contributed by atoms with Crippen LogP contribution in [0, 0.1) is 18.2 Å². The molecule has 1 aromatic rings. The first-order valence-electron chi connectivity index (χ1n) is 7.73. The maximum Gasteiger partial charge on any atom is 0.126 e. The highest BCUT2D eigenvalue weighted by Crippen LogP contribution is 2.49. The minimum Gasteiger partial charge on any atom is -0.490 e. The van der Waals surface area contributed by atoms with Crippen molar-refractivity contribution in [2.24, 2.45) is 5.41 Å². The molecule has 1 fully saturated rings. The van der Waals surface area contributed by atoms with Crippen molar-refractivity contribution in [2.45, 2.75) is 59.1 Å². The standard InChI is InChI=1S/C17H26FNO/c1-5-17(6-2)15(19-7-3)11-16(17)20-13-8-9-14(18)12(4)10-13/h8-10,15-16,19H,5-7,11H2,1-4H3. The summed E-state index contributed by atoms with van der Waals surface area (Å²) in [4.78, 5) is 0. The van der Waals surface area contributed by atoms with E-state index in [-0.39, 0.29) is 17.3 Å². The van der Waals surface area contributed by atoms with Crippen LogP contribution in [0.2, 0.25) is 0 Å². The first kappa shape index (κ1) is 15.3. The van der Waals surface area contributed by atoms with E-state index in [9.17, 15) is 4.39 Å². The lowest BCUT2D eigenvalue weighted by atomic mass is 9.58. The lowest BCUT2D eigenvalue weighted by Gasteiger charge is -2.55. The van der Waals surface area contributed by atoms with Crippen molar-refractivity contribution in [2.75, 3.05) is 6.54 Å². The Hall–Kier alpha value is -1.09. The van der Waals surface area contributed by atoms with Crippen LogP contribution in [0.25, 0.3) is 0 Å². The van der Waals surface area contributed by atoms with E-state index in [2.05, 4.69) is 26.1 Å². The maximum atomic E-state index is 13.3. The molecule has 0 radical (unpaired) electrons. The number of aryl methyl sites for hydroxylation is 1. The molecular weight excluding hydrogens is 253 g/mol. The third-order valence-corrected chi connectivity index (χ3v) is 4.96. The zero-order valence-corrected chi connectivity index (χ0v) is 13.0. The Balaban J connectivity index is 2.11. The number of nitrogens with one attached hydrogen (secondary N) is 1. The van der Waals surface area contributed by atoms with Crippen molar-refractivity contribution < 1.29 is 9.13 Å². The summed E-state index contributed by atoms with van der Waals surface area (Å²) in [6.45, 7) is 9.39. The van der Waals surface area contributed by atoms with Crippen LogP contribution in [0.1, 0.15) is 45.6 Å². The van der Waals surface area contributed by atoms with Crippen molar-refractivity contribution in [1.29, 1.82) is 0 Å². The Labute approximate surface area is 121 Å². The van der Waals surface area contributed by atoms with E-state index in [1.54, 1.807) is 19.1 Å². The molecule has 1 aliphatic carbocycles. The highest BCUT2D eigenvalue weighted by atomic mass is 19.1. The van der Waals surface area contributed by atoms with Gasteiger partial charge in [-0.2, -0.15) is 0 Å². The van der Waals surface area contributed by atoms with Gasteiger partial charge in [-0.15, -0.1) is 0 Å². The van der Waals surface area contributed by atoms with Crippen molar-refractivity contribution in [3.05, 3.63) is 29.6 Å². The summed E-state index contributed by atoms with van der Waals surface area (Å²) in [5, 5.41) is 3.57. The summed E-state index contributed by atoms with van der Waals surface area (Å²) in [7, 11) is 0. The van der Waals surface area contributed by atoms with Crippen LogP contribution < -0.4 is 10.1 Å². The van der Waals surface area contributed by atoms with Gasteiger partial charge in [-0.1, -0.05) is 20.8 Å². The number of rotatable bonds is 6. The second-order valence-electron chi connectivity index (χ2n) is 5.80. The first-order chi connectivity index (χ1) is 9.57. The van der Waals surface area contributed by atoms with Gasteiger partial charge in [-0.3, -0.25) is 0 Å². The van der Waals surface area contributed by atoms with Gasteiger partial charge in [0.25, 0.3) is 0 Å². The van der Waals surface area contributed by atoms with E-state index in [0.717, 1.165) is 31.6 Å². The van der Waals surface area contributed by atoms with Crippen LogP contribution in [0.5, 0.6) is 5.75 Å². The van der Waals surface area contributed by atoms with Crippen LogP contribution in [0.3, 0.4) is 0 Å².